The second-order valence-corrected chi connectivity index (χ2v) is 8.75. The molecule has 7 heteroatoms. The molecule has 2 atom stereocenters. The second-order valence-electron chi connectivity index (χ2n) is 7.45. The standard InChI is InChI=1S/C25H21BrN4OS/c1-31-22-10-3-2-8-20(22)30-24(23(28-25(30)32)19-7-4-5-15-27-19)21-9-6-16-29(21)18-13-11-17(26)12-14-18/h2-16,23-24H,1H3,(H,28,32)/t23-,24-/m1/s1. The molecule has 5 nitrogen and oxygen atoms in total. The Hall–Kier alpha value is -3.16. The van der Waals surface area contributed by atoms with Crippen LogP contribution in [0.25, 0.3) is 5.69 Å². The minimum atomic E-state index is -0.132. The van der Waals surface area contributed by atoms with Crippen LogP contribution in [-0.4, -0.2) is 21.8 Å². The number of halogens is 1. The molecule has 2 aromatic heterocycles. The van der Waals surface area contributed by atoms with E-state index >= 15 is 0 Å². The number of nitrogens with zero attached hydrogens (tertiary/aromatic N) is 3. The fraction of sp³-hybridized carbons (Fsp3) is 0.120. The normalized spacial score (nSPS) is 17.9. The lowest BCUT2D eigenvalue weighted by Gasteiger charge is -2.30. The molecule has 3 heterocycles. The van der Waals surface area contributed by atoms with Crippen LogP contribution < -0.4 is 15.0 Å². The first kappa shape index (κ1) is 20.7. The first-order valence-electron chi connectivity index (χ1n) is 10.2. The van der Waals surface area contributed by atoms with Crippen molar-refractivity contribution in [1.82, 2.24) is 14.9 Å². The summed E-state index contributed by atoms with van der Waals surface area (Å²) in [5, 5.41) is 4.15. The molecule has 0 bridgehead atoms. The minimum absolute atomic E-state index is 0.127. The lowest BCUT2D eigenvalue weighted by Crippen LogP contribution is -2.30. The summed E-state index contributed by atoms with van der Waals surface area (Å²) >= 11 is 9.38. The van der Waals surface area contributed by atoms with Crippen molar-refractivity contribution >= 4 is 38.9 Å². The van der Waals surface area contributed by atoms with Gasteiger partial charge in [-0.3, -0.25) is 4.98 Å². The van der Waals surface area contributed by atoms with Crippen LogP contribution in [0, 0.1) is 0 Å². The van der Waals surface area contributed by atoms with Crippen LogP contribution >= 0.6 is 28.1 Å². The largest absolute Gasteiger partial charge is 0.495 e. The first-order chi connectivity index (χ1) is 15.7. The van der Waals surface area contributed by atoms with Crippen LogP contribution in [-0.2, 0) is 0 Å². The maximum Gasteiger partial charge on any atom is 0.174 e. The number of rotatable bonds is 5. The Morgan fingerprint density at radius 2 is 1.75 bits per heavy atom. The second kappa shape index (κ2) is 8.76. The van der Waals surface area contributed by atoms with Crippen molar-refractivity contribution in [3.05, 3.63) is 107 Å². The topological polar surface area (TPSA) is 42.3 Å². The third-order valence-corrected chi connectivity index (χ3v) is 6.47. The van der Waals surface area contributed by atoms with E-state index in [1.54, 1.807) is 7.11 Å². The van der Waals surface area contributed by atoms with Crippen LogP contribution in [0.3, 0.4) is 0 Å². The average molecular weight is 505 g/mol. The Labute approximate surface area is 200 Å². The van der Waals surface area contributed by atoms with Crippen molar-refractivity contribution in [1.29, 1.82) is 0 Å². The summed E-state index contributed by atoms with van der Waals surface area (Å²) in [6, 6.07) is 26.1. The van der Waals surface area contributed by atoms with Crippen LogP contribution in [0.1, 0.15) is 23.5 Å². The van der Waals surface area contributed by atoms with Gasteiger partial charge in [0, 0.05) is 28.2 Å². The zero-order chi connectivity index (χ0) is 22.1. The zero-order valence-corrected chi connectivity index (χ0v) is 19.8. The number of thiocarbonyl (C=S) groups is 1. The minimum Gasteiger partial charge on any atom is -0.495 e. The molecule has 160 valence electrons. The Morgan fingerprint density at radius 1 is 0.969 bits per heavy atom. The van der Waals surface area contributed by atoms with E-state index in [4.69, 9.17) is 17.0 Å². The molecule has 5 rings (SSSR count). The summed E-state index contributed by atoms with van der Waals surface area (Å²) in [6.07, 6.45) is 3.90. The van der Waals surface area contributed by atoms with E-state index in [2.05, 4.69) is 66.2 Å². The van der Waals surface area contributed by atoms with Crippen molar-refractivity contribution in [2.45, 2.75) is 12.1 Å². The summed E-state index contributed by atoms with van der Waals surface area (Å²) in [7, 11) is 1.68. The lowest BCUT2D eigenvalue weighted by atomic mass is 10.0. The Morgan fingerprint density at radius 3 is 2.50 bits per heavy atom. The van der Waals surface area contributed by atoms with E-state index in [9.17, 15) is 0 Å². The number of aromatic nitrogens is 2. The van der Waals surface area contributed by atoms with Crippen LogP contribution in [0.15, 0.2) is 95.7 Å². The number of benzene rings is 2. The van der Waals surface area contributed by atoms with Gasteiger partial charge < -0.3 is 19.5 Å². The highest BCUT2D eigenvalue weighted by Crippen LogP contribution is 2.44. The summed E-state index contributed by atoms with van der Waals surface area (Å²) in [6.45, 7) is 0. The highest BCUT2D eigenvalue weighted by atomic mass is 79.9. The van der Waals surface area contributed by atoms with Gasteiger partial charge in [0.15, 0.2) is 5.11 Å². The Balaban J connectivity index is 1.68. The number of para-hydroxylation sites is 2. The molecule has 0 amide bonds. The van der Waals surface area contributed by atoms with E-state index in [0.717, 1.165) is 33.0 Å². The SMILES string of the molecule is COc1ccccc1N1C(=S)N[C@H](c2ccccn2)[C@H]1c1cccn1-c1ccc(Br)cc1. The van der Waals surface area contributed by atoms with E-state index in [1.807, 2.05) is 60.8 Å². The number of nitrogens with one attached hydrogen (secondary N) is 1. The van der Waals surface area contributed by atoms with Gasteiger partial charge in [0.1, 0.15) is 11.8 Å². The first-order valence-corrected chi connectivity index (χ1v) is 11.4. The van der Waals surface area contributed by atoms with Crippen molar-refractivity contribution < 1.29 is 4.74 Å². The summed E-state index contributed by atoms with van der Waals surface area (Å²) < 4.78 is 8.93. The van der Waals surface area contributed by atoms with E-state index in [-0.39, 0.29) is 12.1 Å². The quantitative estimate of drug-likeness (QED) is 0.346. The van der Waals surface area contributed by atoms with Gasteiger partial charge in [0.25, 0.3) is 0 Å². The molecule has 1 aliphatic rings. The molecular formula is C25H21BrN4OS. The molecule has 0 aliphatic carbocycles. The molecule has 0 spiro atoms. The van der Waals surface area contributed by atoms with Crippen molar-refractivity contribution in [2.24, 2.45) is 0 Å². The number of hydrogen-bond donors (Lipinski definition) is 1. The lowest BCUT2D eigenvalue weighted by molar-refractivity contribution is 0.414. The van der Waals surface area contributed by atoms with E-state index in [0.29, 0.717) is 5.11 Å². The predicted molar refractivity (Wildman–Crippen MR) is 134 cm³/mol. The fourth-order valence-corrected chi connectivity index (χ4v) is 4.82. The monoisotopic (exact) mass is 504 g/mol. The molecule has 0 saturated carbocycles. The maximum atomic E-state index is 5.85. The number of pyridine rings is 1. The van der Waals surface area contributed by atoms with Gasteiger partial charge in [-0.1, -0.05) is 34.1 Å². The van der Waals surface area contributed by atoms with E-state index in [1.165, 1.54) is 0 Å². The van der Waals surface area contributed by atoms with Gasteiger partial charge in [-0.15, -0.1) is 0 Å². The van der Waals surface area contributed by atoms with Crippen LogP contribution in [0.4, 0.5) is 5.69 Å². The Kier molecular flexibility index (Phi) is 5.68. The Bertz CT molecular complexity index is 1240. The molecule has 32 heavy (non-hydrogen) atoms. The van der Waals surface area contributed by atoms with Gasteiger partial charge in [-0.2, -0.15) is 0 Å². The summed E-state index contributed by atoms with van der Waals surface area (Å²) in [5.74, 6) is 0.769. The van der Waals surface area contributed by atoms with Crippen molar-refractivity contribution in [3.63, 3.8) is 0 Å². The summed E-state index contributed by atoms with van der Waals surface area (Å²) in [5.41, 5.74) is 4.02. The molecule has 0 radical (unpaired) electrons. The summed E-state index contributed by atoms with van der Waals surface area (Å²) in [4.78, 5) is 6.78. The highest BCUT2D eigenvalue weighted by Gasteiger charge is 2.43. The zero-order valence-electron chi connectivity index (χ0n) is 17.4. The molecule has 4 aromatic rings. The fourth-order valence-electron chi connectivity index (χ4n) is 4.22. The molecule has 2 aromatic carbocycles. The van der Waals surface area contributed by atoms with Gasteiger partial charge >= 0.3 is 0 Å². The van der Waals surface area contributed by atoms with Gasteiger partial charge in [0.2, 0.25) is 0 Å². The van der Waals surface area contributed by atoms with Crippen molar-refractivity contribution in [2.75, 3.05) is 12.0 Å². The molecular weight excluding hydrogens is 484 g/mol. The molecule has 1 saturated heterocycles. The molecule has 1 N–H and O–H groups in total. The third-order valence-electron chi connectivity index (χ3n) is 5.63. The number of hydrogen-bond acceptors (Lipinski definition) is 3. The van der Waals surface area contributed by atoms with Crippen LogP contribution in [0.5, 0.6) is 5.75 Å². The predicted octanol–water partition coefficient (Wildman–Crippen LogP) is 5.82. The van der Waals surface area contributed by atoms with Gasteiger partial charge in [-0.05, 0) is 72.9 Å². The third kappa shape index (κ3) is 3.67. The van der Waals surface area contributed by atoms with Gasteiger partial charge in [0.05, 0.1) is 24.5 Å². The molecule has 0 unspecified atom stereocenters. The van der Waals surface area contributed by atoms with Crippen LogP contribution in [0.2, 0.25) is 0 Å². The number of methoxy groups -OCH3 is 1. The van der Waals surface area contributed by atoms with Gasteiger partial charge in [-0.25, -0.2) is 0 Å². The average Bonchev–Trinajstić information content (AvgIpc) is 3.44. The number of ether oxygens (including phenoxy) is 1. The molecule has 1 fully saturated rings. The highest BCUT2D eigenvalue weighted by molar-refractivity contribution is 9.10. The smallest absolute Gasteiger partial charge is 0.174 e. The number of anilines is 1. The molecule has 1 aliphatic heterocycles. The van der Waals surface area contributed by atoms with E-state index < -0.39 is 0 Å². The maximum absolute atomic E-state index is 5.85. The van der Waals surface area contributed by atoms with Crippen molar-refractivity contribution in [3.8, 4) is 11.4 Å².